The molecule has 2 rings (SSSR count). The van der Waals surface area contributed by atoms with E-state index < -0.39 is 0 Å². The van der Waals surface area contributed by atoms with Gasteiger partial charge in [0.2, 0.25) is 0 Å². The molecule has 0 spiro atoms. The predicted molar refractivity (Wildman–Crippen MR) is 78.8 cm³/mol. The summed E-state index contributed by atoms with van der Waals surface area (Å²) in [6, 6.07) is 5.65. The second kappa shape index (κ2) is 6.15. The van der Waals surface area contributed by atoms with Crippen molar-refractivity contribution in [1.82, 2.24) is 14.3 Å². The molecule has 5 heteroatoms. The van der Waals surface area contributed by atoms with Gasteiger partial charge in [-0.2, -0.15) is 0 Å². The summed E-state index contributed by atoms with van der Waals surface area (Å²) in [5.74, 6) is 0. The molecule has 0 aliphatic heterocycles. The van der Waals surface area contributed by atoms with Gasteiger partial charge in [0.25, 0.3) is 5.56 Å². The Kier molecular flexibility index (Phi) is 4.52. The van der Waals surface area contributed by atoms with Crippen LogP contribution in [-0.2, 0) is 6.54 Å². The number of pyridine rings is 1. The Morgan fingerprint density at radius 3 is 2.85 bits per heavy atom. The first-order valence-corrected chi connectivity index (χ1v) is 6.85. The summed E-state index contributed by atoms with van der Waals surface area (Å²) in [6.07, 6.45) is 1.73. The van der Waals surface area contributed by atoms with Crippen molar-refractivity contribution in [1.29, 1.82) is 0 Å². The van der Waals surface area contributed by atoms with Gasteiger partial charge in [0.05, 0.1) is 12.3 Å². The highest BCUT2D eigenvalue weighted by Crippen LogP contribution is 2.09. The molecule has 20 heavy (non-hydrogen) atoms. The number of hydrogen-bond acceptors (Lipinski definition) is 4. The molecule has 0 bridgehead atoms. The van der Waals surface area contributed by atoms with Gasteiger partial charge < -0.3 is 5.11 Å². The second-order valence-corrected chi connectivity index (χ2v) is 5.26. The van der Waals surface area contributed by atoms with Crippen molar-refractivity contribution >= 4 is 5.65 Å². The SMILES string of the molecule is Cc1cccn2c(=O)cc(CN(CCO)C(C)C)nc12. The van der Waals surface area contributed by atoms with Gasteiger partial charge in [0, 0.05) is 31.4 Å². The minimum absolute atomic E-state index is 0.0681. The molecule has 1 N–H and O–H groups in total. The summed E-state index contributed by atoms with van der Waals surface area (Å²) in [4.78, 5) is 18.8. The molecule has 0 amide bonds. The molecule has 0 saturated heterocycles. The lowest BCUT2D eigenvalue weighted by atomic mass is 10.2. The zero-order valence-corrected chi connectivity index (χ0v) is 12.2. The van der Waals surface area contributed by atoms with Crippen molar-refractivity contribution in [2.75, 3.05) is 13.2 Å². The average Bonchev–Trinajstić information content (AvgIpc) is 2.39. The fraction of sp³-hybridized carbons (Fsp3) is 0.467. The number of rotatable bonds is 5. The van der Waals surface area contributed by atoms with E-state index in [2.05, 4.69) is 23.7 Å². The van der Waals surface area contributed by atoms with Crippen LogP contribution in [0.25, 0.3) is 5.65 Å². The number of aromatic nitrogens is 2. The number of nitrogens with zero attached hydrogens (tertiary/aromatic N) is 3. The first-order chi connectivity index (χ1) is 9.52. The van der Waals surface area contributed by atoms with Crippen molar-refractivity contribution < 1.29 is 5.11 Å². The molecule has 108 valence electrons. The van der Waals surface area contributed by atoms with Crippen LogP contribution in [-0.4, -0.2) is 38.6 Å². The fourth-order valence-electron chi connectivity index (χ4n) is 2.25. The number of aliphatic hydroxyl groups excluding tert-OH is 1. The van der Waals surface area contributed by atoms with E-state index in [9.17, 15) is 4.79 Å². The van der Waals surface area contributed by atoms with E-state index in [1.807, 2.05) is 19.1 Å². The quantitative estimate of drug-likeness (QED) is 0.891. The standard InChI is InChI=1S/C15H21N3O2/c1-11(2)17(7-8-19)10-13-9-14(20)18-6-4-5-12(3)15(18)16-13/h4-6,9,11,19H,7-8,10H2,1-3H3. The lowest BCUT2D eigenvalue weighted by molar-refractivity contribution is 0.158. The summed E-state index contributed by atoms with van der Waals surface area (Å²) in [5, 5.41) is 9.11. The normalized spacial score (nSPS) is 11.7. The van der Waals surface area contributed by atoms with Crippen molar-refractivity contribution in [3.63, 3.8) is 0 Å². The largest absolute Gasteiger partial charge is 0.395 e. The van der Waals surface area contributed by atoms with Crippen LogP contribution in [0.3, 0.4) is 0 Å². The van der Waals surface area contributed by atoms with Crippen LogP contribution in [0.15, 0.2) is 29.2 Å². The van der Waals surface area contributed by atoms with Crippen LogP contribution in [0, 0.1) is 6.92 Å². The lowest BCUT2D eigenvalue weighted by Gasteiger charge is -2.25. The molecule has 2 aromatic rings. The first-order valence-electron chi connectivity index (χ1n) is 6.85. The van der Waals surface area contributed by atoms with Gasteiger partial charge in [-0.1, -0.05) is 6.07 Å². The maximum absolute atomic E-state index is 12.1. The molecular formula is C15H21N3O2. The maximum Gasteiger partial charge on any atom is 0.258 e. The molecular weight excluding hydrogens is 254 g/mol. The van der Waals surface area contributed by atoms with Crippen molar-refractivity contribution in [3.8, 4) is 0 Å². The molecule has 0 unspecified atom stereocenters. The molecule has 0 fully saturated rings. The molecule has 2 aromatic heterocycles. The van der Waals surface area contributed by atoms with Gasteiger partial charge in [-0.15, -0.1) is 0 Å². The number of hydrogen-bond donors (Lipinski definition) is 1. The number of fused-ring (bicyclic) bond motifs is 1. The smallest absolute Gasteiger partial charge is 0.258 e. The van der Waals surface area contributed by atoms with Crippen molar-refractivity contribution in [2.24, 2.45) is 0 Å². The number of aliphatic hydroxyl groups is 1. The fourth-order valence-corrected chi connectivity index (χ4v) is 2.25. The van der Waals surface area contributed by atoms with Gasteiger partial charge in [0.1, 0.15) is 5.65 Å². The van der Waals surface area contributed by atoms with Gasteiger partial charge in [0.15, 0.2) is 0 Å². The zero-order valence-electron chi connectivity index (χ0n) is 12.2. The van der Waals surface area contributed by atoms with Gasteiger partial charge in [-0.05, 0) is 32.4 Å². The van der Waals surface area contributed by atoms with Crippen LogP contribution in [0.2, 0.25) is 0 Å². The third-order valence-corrected chi connectivity index (χ3v) is 3.42. The third kappa shape index (κ3) is 3.05. The van der Waals surface area contributed by atoms with Gasteiger partial charge >= 0.3 is 0 Å². The Bertz CT molecular complexity index is 649. The second-order valence-electron chi connectivity index (χ2n) is 5.26. The number of aryl methyl sites for hydroxylation is 1. The summed E-state index contributed by atoms with van der Waals surface area (Å²) in [5.41, 5.74) is 2.35. The highest BCUT2D eigenvalue weighted by Gasteiger charge is 2.12. The maximum atomic E-state index is 12.1. The average molecular weight is 275 g/mol. The van der Waals surface area contributed by atoms with Gasteiger partial charge in [-0.25, -0.2) is 4.98 Å². The van der Waals surface area contributed by atoms with Gasteiger partial charge in [-0.3, -0.25) is 14.1 Å². The van der Waals surface area contributed by atoms with Crippen LogP contribution < -0.4 is 5.56 Å². The minimum Gasteiger partial charge on any atom is -0.395 e. The zero-order chi connectivity index (χ0) is 14.7. The molecule has 5 nitrogen and oxygen atoms in total. The molecule has 2 heterocycles. The molecule has 0 aliphatic carbocycles. The Labute approximate surface area is 118 Å². The Morgan fingerprint density at radius 2 is 2.20 bits per heavy atom. The topological polar surface area (TPSA) is 57.8 Å². The van der Waals surface area contributed by atoms with E-state index in [4.69, 9.17) is 5.11 Å². The van der Waals surface area contributed by atoms with Crippen molar-refractivity contribution in [2.45, 2.75) is 33.4 Å². The van der Waals surface area contributed by atoms with Crippen LogP contribution in [0.5, 0.6) is 0 Å². The lowest BCUT2D eigenvalue weighted by Crippen LogP contribution is -2.33. The molecule has 0 radical (unpaired) electrons. The highest BCUT2D eigenvalue weighted by atomic mass is 16.3. The summed E-state index contributed by atoms with van der Waals surface area (Å²) < 4.78 is 1.56. The van der Waals surface area contributed by atoms with E-state index >= 15 is 0 Å². The summed E-state index contributed by atoms with van der Waals surface area (Å²) in [6.45, 7) is 7.32. The Balaban J connectivity index is 2.40. The van der Waals surface area contributed by atoms with E-state index in [1.165, 1.54) is 0 Å². The van der Waals surface area contributed by atoms with E-state index in [0.29, 0.717) is 24.8 Å². The van der Waals surface area contributed by atoms with Crippen LogP contribution >= 0.6 is 0 Å². The Hall–Kier alpha value is -1.72. The van der Waals surface area contributed by atoms with E-state index in [-0.39, 0.29) is 12.2 Å². The highest BCUT2D eigenvalue weighted by molar-refractivity contribution is 5.46. The first kappa shape index (κ1) is 14.7. The van der Waals surface area contributed by atoms with Crippen LogP contribution in [0.4, 0.5) is 0 Å². The third-order valence-electron chi connectivity index (χ3n) is 3.42. The summed E-state index contributed by atoms with van der Waals surface area (Å²) >= 11 is 0. The van der Waals surface area contributed by atoms with E-state index in [0.717, 1.165) is 11.3 Å². The minimum atomic E-state index is -0.0681. The molecule has 0 atom stereocenters. The molecule has 0 aromatic carbocycles. The van der Waals surface area contributed by atoms with E-state index in [1.54, 1.807) is 16.7 Å². The monoisotopic (exact) mass is 275 g/mol. The predicted octanol–water partition coefficient (Wildman–Crippen LogP) is 1.21. The molecule has 0 aliphatic rings. The van der Waals surface area contributed by atoms with Crippen molar-refractivity contribution in [3.05, 3.63) is 46.0 Å². The summed E-state index contributed by atoms with van der Waals surface area (Å²) in [7, 11) is 0. The Morgan fingerprint density at radius 1 is 1.45 bits per heavy atom. The van der Waals surface area contributed by atoms with Crippen LogP contribution in [0.1, 0.15) is 25.1 Å². The molecule has 0 saturated carbocycles.